The number of fused-ring (bicyclic) bond motifs is 1. The number of hydrogen-bond donors (Lipinski definition) is 2. The fourth-order valence-corrected chi connectivity index (χ4v) is 7.82. The number of ether oxygens (including phenoxy) is 1. The van der Waals surface area contributed by atoms with E-state index >= 15 is 8.78 Å². The largest absolute Gasteiger partial charge is 0.481 e. The van der Waals surface area contributed by atoms with Crippen molar-refractivity contribution in [3.05, 3.63) is 116 Å². The fourth-order valence-electron chi connectivity index (χ4n) is 6.96. The van der Waals surface area contributed by atoms with E-state index in [0.717, 1.165) is 18.2 Å². The number of carbonyl (C=O) groups is 3. The van der Waals surface area contributed by atoms with Gasteiger partial charge in [0, 0.05) is 66.1 Å². The smallest absolute Gasteiger partial charge is 0.338 e. The number of halogens is 4. The Morgan fingerprint density at radius 3 is 2.52 bits per heavy atom. The highest BCUT2D eigenvalue weighted by Crippen LogP contribution is 2.38. The fraction of sp³-hybridized carbons (Fsp3) is 0.289. The highest BCUT2D eigenvalue weighted by molar-refractivity contribution is 7.11. The molecule has 2 saturated heterocycles. The lowest BCUT2D eigenvalue weighted by Crippen LogP contribution is -2.53. The summed E-state index contributed by atoms with van der Waals surface area (Å²) in [5.41, 5.74) is 0.398. The summed E-state index contributed by atoms with van der Waals surface area (Å²) >= 11 is 7.83. The summed E-state index contributed by atoms with van der Waals surface area (Å²) < 4.78 is 50.2. The molecule has 3 aromatic carbocycles. The van der Waals surface area contributed by atoms with Crippen LogP contribution in [-0.4, -0.2) is 89.6 Å². The number of urea groups is 1. The number of thiazole rings is 1. The molecular weight excluding hydrogens is 745 g/mol. The SMILES string of the molecule is COC(=O)C1=C(CN2CCN3C(=O)N(c4ccc(-c5ccc(C(C)(C)C(=O)O)cc5F)cc4F)C[C@@H]3C2)NC(c2nccs2)=N[C@H]1c1ccc(F)cc1Cl. The molecule has 2 N–H and O–H groups in total. The summed E-state index contributed by atoms with van der Waals surface area (Å²) in [6, 6.07) is 10.4. The third kappa shape index (κ3) is 6.82. The number of esters is 1. The van der Waals surface area contributed by atoms with Crippen molar-refractivity contribution in [1.29, 1.82) is 0 Å². The van der Waals surface area contributed by atoms with Crippen LogP contribution in [0.3, 0.4) is 0 Å². The van der Waals surface area contributed by atoms with E-state index < -0.39 is 40.8 Å². The molecule has 0 unspecified atom stereocenters. The van der Waals surface area contributed by atoms with Crippen LogP contribution in [0, 0.1) is 17.5 Å². The van der Waals surface area contributed by atoms with Crippen LogP contribution in [-0.2, 0) is 19.7 Å². The van der Waals surface area contributed by atoms with Gasteiger partial charge < -0.3 is 20.1 Å². The zero-order chi connectivity index (χ0) is 38.5. The van der Waals surface area contributed by atoms with Crippen LogP contribution in [0.25, 0.3) is 11.1 Å². The van der Waals surface area contributed by atoms with Crippen molar-refractivity contribution in [1.82, 2.24) is 20.1 Å². The number of carbonyl (C=O) groups excluding carboxylic acids is 2. The van der Waals surface area contributed by atoms with Crippen molar-refractivity contribution in [2.45, 2.75) is 31.3 Å². The van der Waals surface area contributed by atoms with E-state index in [9.17, 15) is 23.9 Å². The summed E-state index contributed by atoms with van der Waals surface area (Å²) in [7, 11) is 1.26. The molecule has 0 aliphatic carbocycles. The predicted octanol–water partition coefficient (Wildman–Crippen LogP) is 6.39. The number of amides is 2. The summed E-state index contributed by atoms with van der Waals surface area (Å²) in [6.45, 7) is 4.48. The first kappa shape index (κ1) is 37.1. The first-order valence-electron chi connectivity index (χ1n) is 16.9. The van der Waals surface area contributed by atoms with Gasteiger partial charge in [-0.05, 0) is 55.3 Å². The van der Waals surface area contributed by atoms with Gasteiger partial charge in [0.05, 0.1) is 29.8 Å². The van der Waals surface area contributed by atoms with Crippen LogP contribution in [0.15, 0.2) is 82.4 Å². The number of methoxy groups -OCH3 is 1. The molecule has 0 radical (unpaired) electrons. The molecule has 3 aliphatic rings. The van der Waals surface area contributed by atoms with Crippen molar-refractivity contribution in [2.75, 3.05) is 44.7 Å². The average Bonchev–Trinajstić information content (AvgIpc) is 3.79. The number of amidine groups is 1. The minimum absolute atomic E-state index is 0.0432. The van der Waals surface area contributed by atoms with Crippen LogP contribution in [0.1, 0.15) is 36.0 Å². The number of anilines is 1. The molecule has 16 heteroatoms. The molecule has 280 valence electrons. The van der Waals surface area contributed by atoms with Crippen LogP contribution in [0.2, 0.25) is 5.02 Å². The van der Waals surface area contributed by atoms with Crippen molar-refractivity contribution in [3.8, 4) is 11.1 Å². The van der Waals surface area contributed by atoms with E-state index in [1.54, 1.807) is 16.5 Å². The molecular formula is C38H34ClF3N6O5S. The van der Waals surface area contributed by atoms with E-state index in [4.69, 9.17) is 21.3 Å². The maximum Gasteiger partial charge on any atom is 0.338 e. The number of aromatic nitrogens is 1. The van der Waals surface area contributed by atoms with Crippen molar-refractivity contribution in [3.63, 3.8) is 0 Å². The Hall–Kier alpha value is -5.25. The van der Waals surface area contributed by atoms with E-state index in [-0.39, 0.29) is 58.1 Å². The predicted molar refractivity (Wildman–Crippen MR) is 197 cm³/mol. The van der Waals surface area contributed by atoms with Gasteiger partial charge in [-0.1, -0.05) is 35.9 Å². The second kappa shape index (κ2) is 14.5. The molecule has 7 rings (SSSR count). The quantitative estimate of drug-likeness (QED) is 0.187. The molecule has 11 nitrogen and oxygen atoms in total. The molecule has 54 heavy (non-hydrogen) atoms. The minimum Gasteiger partial charge on any atom is -0.481 e. The average molecular weight is 779 g/mol. The van der Waals surface area contributed by atoms with Crippen molar-refractivity contribution < 1.29 is 37.4 Å². The third-order valence-electron chi connectivity index (χ3n) is 10.0. The van der Waals surface area contributed by atoms with Gasteiger partial charge in [0.1, 0.15) is 23.5 Å². The number of benzene rings is 3. The third-order valence-corrected chi connectivity index (χ3v) is 11.1. The monoisotopic (exact) mass is 778 g/mol. The molecule has 4 aromatic rings. The number of nitrogens with zero attached hydrogens (tertiary/aromatic N) is 5. The topological polar surface area (TPSA) is 128 Å². The lowest BCUT2D eigenvalue weighted by molar-refractivity contribution is -0.142. The van der Waals surface area contributed by atoms with Gasteiger partial charge in [-0.25, -0.2) is 27.7 Å². The maximum atomic E-state index is 15.7. The standard InChI is InChI=1S/C38H34ClF3N6O5S/c1-38(2,36(50)51)21-5-7-24(27(41)15-21)20-4-9-30(28(42)14-20)48-18-23-17-46(11-12-47(23)37(48)52)19-29-31(35(49)53-3)32(25-8-6-22(40)16-26(25)39)45-33(44-29)34-43-10-13-54-34/h4-10,13-16,23,32H,11-12,17-19H2,1-3H3,(H,44,45)(H,50,51)/t23-,32-/m0/s1. The number of aliphatic imine (C=N–C) groups is 1. The summed E-state index contributed by atoms with van der Waals surface area (Å²) in [5, 5.41) is 15.2. The van der Waals surface area contributed by atoms with Crippen LogP contribution in [0.5, 0.6) is 0 Å². The first-order valence-corrected chi connectivity index (χ1v) is 18.2. The molecule has 3 aliphatic heterocycles. The normalized spacial score (nSPS) is 19.1. The van der Waals surface area contributed by atoms with Crippen molar-refractivity contribution in [2.24, 2.45) is 4.99 Å². The summed E-state index contributed by atoms with van der Waals surface area (Å²) in [4.78, 5) is 52.9. The lowest BCUT2D eigenvalue weighted by Gasteiger charge is -2.38. The van der Waals surface area contributed by atoms with Gasteiger partial charge in [-0.2, -0.15) is 0 Å². The number of rotatable bonds is 9. The minimum atomic E-state index is -1.32. The number of carboxylic acids is 1. The molecule has 2 amide bonds. The van der Waals surface area contributed by atoms with E-state index in [0.29, 0.717) is 41.7 Å². The lowest BCUT2D eigenvalue weighted by atomic mass is 9.84. The van der Waals surface area contributed by atoms with E-state index in [1.165, 1.54) is 73.6 Å². The van der Waals surface area contributed by atoms with Gasteiger partial charge >= 0.3 is 18.0 Å². The molecule has 1 aromatic heterocycles. The van der Waals surface area contributed by atoms with Gasteiger partial charge in [0.25, 0.3) is 0 Å². The highest BCUT2D eigenvalue weighted by Gasteiger charge is 2.43. The van der Waals surface area contributed by atoms with Crippen molar-refractivity contribution >= 4 is 52.4 Å². The van der Waals surface area contributed by atoms with Crippen LogP contribution < -0.4 is 10.2 Å². The molecule has 0 saturated carbocycles. The second-order valence-corrected chi connectivity index (χ2v) is 15.0. The number of aliphatic carboxylic acids is 1. The zero-order valence-electron chi connectivity index (χ0n) is 29.3. The Bertz CT molecular complexity index is 2230. The molecule has 2 atom stereocenters. The number of piperazine rings is 1. The Morgan fingerprint density at radius 1 is 1.06 bits per heavy atom. The number of carboxylic acid groups (broad SMARTS) is 1. The Morgan fingerprint density at radius 2 is 1.85 bits per heavy atom. The first-order chi connectivity index (χ1) is 25.8. The molecule has 2 fully saturated rings. The maximum absolute atomic E-state index is 15.7. The molecule has 4 heterocycles. The summed E-state index contributed by atoms with van der Waals surface area (Å²) in [5.74, 6) is -3.31. The van der Waals surface area contributed by atoms with Gasteiger partial charge in [-0.15, -0.1) is 11.3 Å². The Kier molecular flexibility index (Phi) is 9.98. The van der Waals surface area contributed by atoms with Gasteiger partial charge in [0.2, 0.25) is 0 Å². The molecule has 0 spiro atoms. The number of hydrogen-bond acceptors (Lipinski definition) is 9. The van der Waals surface area contributed by atoms with Crippen LogP contribution >= 0.6 is 22.9 Å². The zero-order valence-corrected chi connectivity index (χ0v) is 30.8. The molecule has 0 bridgehead atoms. The Labute approximate surface area is 317 Å². The van der Waals surface area contributed by atoms with Gasteiger partial charge in [0.15, 0.2) is 10.8 Å². The van der Waals surface area contributed by atoms with E-state index in [1.807, 2.05) is 0 Å². The van der Waals surface area contributed by atoms with Crippen LogP contribution in [0.4, 0.5) is 23.7 Å². The number of nitrogens with one attached hydrogen (secondary N) is 1. The van der Waals surface area contributed by atoms with Gasteiger partial charge in [-0.3, -0.25) is 19.6 Å². The van der Waals surface area contributed by atoms with E-state index in [2.05, 4.69) is 15.2 Å². The second-order valence-electron chi connectivity index (χ2n) is 13.7. The Balaban J connectivity index is 1.12. The summed E-state index contributed by atoms with van der Waals surface area (Å²) in [6.07, 6.45) is 1.63. The highest BCUT2D eigenvalue weighted by atomic mass is 35.5.